The van der Waals surface area contributed by atoms with Crippen molar-refractivity contribution >= 4 is 11.7 Å². The van der Waals surface area contributed by atoms with Crippen LogP contribution in [0.1, 0.15) is 28.8 Å². The molecule has 0 radical (unpaired) electrons. The maximum Gasteiger partial charge on any atom is 0.220 e. The quantitative estimate of drug-likeness (QED) is 0.562. The Hall–Kier alpha value is -2.82. The second kappa shape index (κ2) is 9.47. The van der Waals surface area contributed by atoms with Crippen molar-refractivity contribution in [1.82, 2.24) is 5.32 Å². The van der Waals surface area contributed by atoms with E-state index in [1.165, 1.54) is 0 Å². The molecule has 0 heterocycles. The van der Waals surface area contributed by atoms with Crippen LogP contribution in [0.2, 0.25) is 0 Å². The van der Waals surface area contributed by atoms with Gasteiger partial charge in [-0.3, -0.25) is 9.59 Å². The number of benzene rings is 2. The Kier molecular flexibility index (Phi) is 7.01. The first-order valence-corrected chi connectivity index (χ1v) is 8.22. The predicted octanol–water partition coefficient (Wildman–Crippen LogP) is 3.16. The molecular weight excluding hydrogens is 318 g/mol. The van der Waals surface area contributed by atoms with Crippen molar-refractivity contribution in [3.05, 3.63) is 59.7 Å². The zero-order chi connectivity index (χ0) is 18.1. The number of hydrogen-bond acceptors (Lipinski definition) is 4. The molecule has 132 valence electrons. The van der Waals surface area contributed by atoms with E-state index in [-0.39, 0.29) is 24.5 Å². The minimum absolute atomic E-state index is 0.0235. The fraction of sp³-hybridized carbons (Fsp3) is 0.300. The average Bonchev–Trinajstić information content (AvgIpc) is 2.64. The number of carbonyl (C=O) groups is 2. The van der Waals surface area contributed by atoms with Crippen molar-refractivity contribution in [2.45, 2.75) is 19.8 Å². The second-order valence-electron chi connectivity index (χ2n) is 5.66. The van der Waals surface area contributed by atoms with E-state index < -0.39 is 0 Å². The highest BCUT2D eigenvalue weighted by molar-refractivity contribution is 5.97. The number of aryl methyl sites for hydroxylation is 1. The summed E-state index contributed by atoms with van der Waals surface area (Å²) in [5.41, 5.74) is 1.74. The Morgan fingerprint density at radius 2 is 1.56 bits per heavy atom. The van der Waals surface area contributed by atoms with Crippen molar-refractivity contribution < 1.29 is 19.1 Å². The third-order valence-corrected chi connectivity index (χ3v) is 3.71. The van der Waals surface area contributed by atoms with Crippen molar-refractivity contribution in [1.29, 1.82) is 0 Å². The lowest BCUT2D eigenvalue weighted by Gasteiger charge is -2.08. The van der Waals surface area contributed by atoms with Gasteiger partial charge in [0.05, 0.1) is 13.7 Å². The highest BCUT2D eigenvalue weighted by Crippen LogP contribution is 2.16. The van der Waals surface area contributed by atoms with Crippen LogP contribution in [0.5, 0.6) is 11.5 Å². The van der Waals surface area contributed by atoms with Gasteiger partial charge < -0.3 is 14.8 Å². The molecule has 25 heavy (non-hydrogen) atoms. The Labute approximate surface area is 148 Å². The van der Waals surface area contributed by atoms with E-state index in [2.05, 4.69) is 5.32 Å². The summed E-state index contributed by atoms with van der Waals surface area (Å²) in [5, 5.41) is 2.75. The fourth-order valence-electron chi connectivity index (χ4n) is 2.23. The van der Waals surface area contributed by atoms with Crippen LogP contribution in [0, 0.1) is 6.92 Å². The van der Waals surface area contributed by atoms with Gasteiger partial charge in [0.15, 0.2) is 5.78 Å². The average molecular weight is 341 g/mol. The summed E-state index contributed by atoms with van der Waals surface area (Å²) in [6, 6.07) is 14.6. The molecule has 0 saturated carbocycles. The van der Waals surface area contributed by atoms with Crippen LogP contribution < -0.4 is 14.8 Å². The molecule has 0 spiro atoms. The number of amides is 1. The molecule has 2 aromatic rings. The molecule has 2 rings (SSSR count). The zero-order valence-corrected chi connectivity index (χ0v) is 14.6. The predicted molar refractivity (Wildman–Crippen MR) is 96.2 cm³/mol. The summed E-state index contributed by atoms with van der Waals surface area (Å²) in [6.45, 7) is 2.73. The van der Waals surface area contributed by atoms with Crippen LogP contribution in [0.4, 0.5) is 0 Å². The molecule has 0 aromatic heterocycles. The van der Waals surface area contributed by atoms with Gasteiger partial charge in [0.25, 0.3) is 0 Å². The van der Waals surface area contributed by atoms with Gasteiger partial charge in [0.1, 0.15) is 18.1 Å². The molecule has 0 fully saturated rings. The summed E-state index contributed by atoms with van der Waals surface area (Å²) in [5.74, 6) is 1.30. The molecule has 0 aliphatic heterocycles. The summed E-state index contributed by atoms with van der Waals surface area (Å²) < 4.78 is 10.6. The zero-order valence-electron chi connectivity index (χ0n) is 14.6. The lowest BCUT2D eigenvalue weighted by atomic mass is 10.1. The number of methoxy groups -OCH3 is 1. The van der Waals surface area contributed by atoms with Gasteiger partial charge >= 0.3 is 0 Å². The van der Waals surface area contributed by atoms with Crippen LogP contribution in [-0.4, -0.2) is 32.0 Å². The third-order valence-electron chi connectivity index (χ3n) is 3.71. The van der Waals surface area contributed by atoms with E-state index in [9.17, 15) is 9.59 Å². The molecule has 1 N–H and O–H groups in total. The Morgan fingerprint density at radius 3 is 2.20 bits per heavy atom. The molecular formula is C20H23NO4. The van der Waals surface area contributed by atoms with Gasteiger partial charge in [0.2, 0.25) is 5.91 Å². The molecule has 0 saturated heterocycles. The summed E-state index contributed by atoms with van der Waals surface area (Å²) in [7, 11) is 1.61. The van der Waals surface area contributed by atoms with Crippen LogP contribution in [-0.2, 0) is 4.79 Å². The first-order chi connectivity index (χ1) is 12.1. The Bertz CT molecular complexity index is 693. The highest BCUT2D eigenvalue weighted by atomic mass is 16.5. The molecule has 0 unspecified atom stereocenters. The van der Waals surface area contributed by atoms with Crippen molar-refractivity contribution in [3.8, 4) is 11.5 Å². The van der Waals surface area contributed by atoms with Gasteiger partial charge in [-0.05, 0) is 31.2 Å². The van der Waals surface area contributed by atoms with Crippen LogP contribution in [0.3, 0.4) is 0 Å². The normalized spacial score (nSPS) is 10.2. The topological polar surface area (TPSA) is 64.6 Å². The van der Waals surface area contributed by atoms with Crippen molar-refractivity contribution in [2.75, 3.05) is 20.3 Å². The van der Waals surface area contributed by atoms with Crippen molar-refractivity contribution in [2.24, 2.45) is 0 Å². The standard InChI is InChI=1S/C20H23NO4/c1-15-3-5-16(6-4-15)19(22)11-12-20(23)21-13-14-25-18-9-7-17(24-2)8-10-18/h3-10H,11-14H2,1-2H3,(H,21,23). The molecule has 0 bridgehead atoms. The summed E-state index contributed by atoms with van der Waals surface area (Å²) in [6.07, 6.45) is 0.378. The minimum atomic E-state index is -0.154. The summed E-state index contributed by atoms with van der Waals surface area (Å²) in [4.78, 5) is 23.8. The Morgan fingerprint density at radius 1 is 0.920 bits per heavy atom. The molecule has 0 atom stereocenters. The number of nitrogens with one attached hydrogen (secondary N) is 1. The second-order valence-corrected chi connectivity index (χ2v) is 5.66. The molecule has 5 heteroatoms. The lowest BCUT2D eigenvalue weighted by Crippen LogP contribution is -2.28. The first-order valence-electron chi connectivity index (χ1n) is 8.22. The van der Waals surface area contributed by atoms with Crippen molar-refractivity contribution in [3.63, 3.8) is 0 Å². The largest absolute Gasteiger partial charge is 0.497 e. The van der Waals surface area contributed by atoms with E-state index >= 15 is 0 Å². The van der Waals surface area contributed by atoms with Gasteiger partial charge in [-0.15, -0.1) is 0 Å². The van der Waals surface area contributed by atoms with Gasteiger partial charge in [-0.25, -0.2) is 0 Å². The highest BCUT2D eigenvalue weighted by Gasteiger charge is 2.09. The van der Waals surface area contributed by atoms with Crippen LogP contribution in [0.15, 0.2) is 48.5 Å². The first kappa shape index (κ1) is 18.5. The maximum absolute atomic E-state index is 12.0. The van der Waals surface area contributed by atoms with E-state index in [0.29, 0.717) is 24.5 Å². The SMILES string of the molecule is COc1ccc(OCCNC(=O)CCC(=O)c2ccc(C)cc2)cc1. The lowest BCUT2D eigenvalue weighted by molar-refractivity contribution is -0.121. The molecule has 2 aromatic carbocycles. The fourth-order valence-corrected chi connectivity index (χ4v) is 2.23. The Balaban J connectivity index is 1.63. The van der Waals surface area contributed by atoms with Crippen LogP contribution in [0.25, 0.3) is 0 Å². The number of carbonyl (C=O) groups excluding carboxylic acids is 2. The number of ether oxygens (including phenoxy) is 2. The summed E-state index contributed by atoms with van der Waals surface area (Å²) >= 11 is 0. The van der Waals surface area contributed by atoms with Crippen LogP contribution >= 0.6 is 0 Å². The monoisotopic (exact) mass is 341 g/mol. The smallest absolute Gasteiger partial charge is 0.220 e. The number of Topliss-reactive ketones (excluding diaryl/α,β-unsaturated/α-hetero) is 1. The number of rotatable bonds is 9. The maximum atomic E-state index is 12.0. The van der Waals surface area contributed by atoms with E-state index in [1.54, 1.807) is 31.4 Å². The third kappa shape index (κ3) is 6.30. The van der Waals surface area contributed by atoms with Gasteiger partial charge in [-0.1, -0.05) is 29.8 Å². The van der Waals surface area contributed by atoms with E-state index in [1.807, 2.05) is 31.2 Å². The molecule has 0 aliphatic rings. The minimum Gasteiger partial charge on any atom is -0.497 e. The van der Waals surface area contributed by atoms with Gasteiger partial charge in [0, 0.05) is 18.4 Å². The molecule has 1 amide bonds. The van der Waals surface area contributed by atoms with Gasteiger partial charge in [-0.2, -0.15) is 0 Å². The number of hydrogen-bond donors (Lipinski definition) is 1. The molecule has 5 nitrogen and oxygen atoms in total. The van der Waals surface area contributed by atoms with E-state index in [0.717, 1.165) is 11.3 Å². The molecule has 0 aliphatic carbocycles. The van der Waals surface area contributed by atoms with E-state index in [4.69, 9.17) is 9.47 Å². The number of ketones is 1.